The summed E-state index contributed by atoms with van der Waals surface area (Å²) in [6.45, 7) is 1.29. The fourth-order valence-electron chi connectivity index (χ4n) is 2.64. The highest BCUT2D eigenvalue weighted by Crippen LogP contribution is 2.25. The number of rotatable bonds is 6. The van der Waals surface area contributed by atoms with Crippen LogP contribution in [0.1, 0.15) is 13.8 Å². The second-order valence-corrected chi connectivity index (χ2v) is 5.88. The lowest BCUT2D eigenvalue weighted by Gasteiger charge is -2.18. The highest BCUT2D eigenvalue weighted by Gasteiger charge is 2.43. The predicted molar refractivity (Wildman–Crippen MR) is 103 cm³/mol. The van der Waals surface area contributed by atoms with Gasteiger partial charge in [0.1, 0.15) is 17.0 Å². The minimum atomic E-state index is -4.98. The van der Waals surface area contributed by atoms with E-state index < -0.39 is 36.0 Å². The molecule has 2 rings (SSSR count). The molecule has 0 spiro atoms. The molecule has 28 heavy (non-hydrogen) atoms. The van der Waals surface area contributed by atoms with E-state index in [0.29, 0.717) is 10.9 Å². The lowest BCUT2D eigenvalue weighted by Crippen LogP contribution is -2.44. The van der Waals surface area contributed by atoms with Crippen LogP contribution in [0.15, 0.2) is 76.9 Å². The van der Waals surface area contributed by atoms with Crippen LogP contribution in [-0.4, -0.2) is 36.4 Å². The fraction of sp³-hybridized carbons (Fsp3) is 0.200. The molecule has 2 aromatic rings. The van der Waals surface area contributed by atoms with Crippen molar-refractivity contribution in [2.45, 2.75) is 20.0 Å². The van der Waals surface area contributed by atoms with E-state index in [4.69, 9.17) is 4.74 Å². The van der Waals surface area contributed by atoms with Crippen LogP contribution >= 0.6 is 0 Å². The first-order valence-corrected chi connectivity index (χ1v) is 8.58. The number of halogens is 3. The van der Waals surface area contributed by atoms with Gasteiger partial charge in [0.05, 0.1) is 6.61 Å². The molecule has 0 unspecified atom stereocenters. The van der Waals surface area contributed by atoms with Crippen molar-refractivity contribution in [1.29, 1.82) is 0 Å². The Morgan fingerprint density at radius 2 is 1.50 bits per heavy atom. The van der Waals surface area contributed by atoms with E-state index in [1.54, 1.807) is 60.7 Å². The van der Waals surface area contributed by atoms with Crippen molar-refractivity contribution in [2.75, 3.05) is 6.61 Å². The molecule has 0 aliphatic carbocycles. The van der Waals surface area contributed by atoms with Crippen LogP contribution in [0.25, 0.3) is 0 Å². The SMILES string of the molecule is CCOC(=O)C(C(=NB(c1ccccc1)c1ccccc1)C(F)(F)F)=C(C)O. The molecule has 0 aliphatic heterocycles. The predicted octanol–water partition coefficient (Wildman–Crippen LogP) is 3.19. The first kappa shape index (κ1) is 21.3. The van der Waals surface area contributed by atoms with Crippen molar-refractivity contribution in [1.82, 2.24) is 0 Å². The summed E-state index contributed by atoms with van der Waals surface area (Å²) in [7, 11) is 0. The van der Waals surface area contributed by atoms with Gasteiger partial charge in [-0.2, -0.15) is 13.2 Å². The molecule has 0 saturated carbocycles. The van der Waals surface area contributed by atoms with Crippen LogP contribution in [0.5, 0.6) is 0 Å². The summed E-state index contributed by atoms with van der Waals surface area (Å²) >= 11 is 0. The Morgan fingerprint density at radius 3 is 1.86 bits per heavy atom. The van der Waals surface area contributed by atoms with Crippen LogP contribution in [0.3, 0.4) is 0 Å². The van der Waals surface area contributed by atoms with E-state index in [1.165, 1.54) is 6.92 Å². The highest BCUT2D eigenvalue weighted by molar-refractivity contribution is 6.84. The first-order valence-electron chi connectivity index (χ1n) is 8.58. The van der Waals surface area contributed by atoms with E-state index in [0.717, 1.165) is 6.92 Å². The summed E-state index contributed by atoms with van der Waals surface area (Å²) in [4.78, 5) is 16.0. The third-order valence-corrected chi connectivity index (χ3v) is 3.84. The largest absolute Gasteiger partial charge is 0.512 e. The van der Waals surface area contributed by atoms with Gasteiger partial charge < -0.3 is 14.7 Å². The molecule has 146 valence electrons. The Kier molecular flexibility index (Phi) is 7.03. The van der Waals surface area contributed by atoms with Crippen LogP contribution in [-0.2, 0) is 9.53 Å². The number of hydrogen-bond donors (Lipinski definition) is 1. The standard InChI is InChI=1S/C20H19BF3NO3/c1-3-28-19(27)17(14(2)26)18(20(22,23)24)25-21(15-10-6-4-7-11-15)16-12-8-5-9-13-16/h4-13,26H,3H2,1-2H3. The number of carbonyl (C=O) groups excluding carboxylic acids is 1. The molecule has 0 atom stereocenters. The third-order valence-electron chi connectivity index (χ3n) is 3.84. The van der Waals surface area contributed by atoms with Crippen molar-refractivity contribution in [3.8, 4) is 0 Å². The summed E-state index contributed by atoms with van der Waals surface area (Å²) in [5, 5.41) is 9.79. The van der Waals surface area contributed by atoms with Gasteiger partial charge in [-0.3, -0.25) is 0 Å². The molecule has 2 aromatic carbocycles. The van der Waals surface area contributed by atoms with Crippen molar-refractivity contribution < 1.29 is 27.8 Å². The Balaban J connectivity index is 2.71. The van der Waals surface area contributed by atoms with Crippen LogP contribution in [0, 0.1) is 0 Å². The van der Waals surface area contributed by atoms with Gasteiger partial charge in [0.15, 0.2) is 0 Å². The number of nitrogens with zero attached hydrogens (tertiary/aromatic N) is 1. The third kappa shape index (κ3) is 5.25. The monoisotopic (exact) mass is 389 g/mol. The van der Waals surface area contributed by atoms with Crippen molar-refractivity contribution in [2.24, 2.45) is 4.90 Å². The normalized spacial score (nSPS) is 13.0. The number of aliphatic hydroxyl groups excluding tert-OH is 1. The Hall–Kier alpha value is -3.03. The van der Waals surface area contributed by atoms with E-state index in [-0.39, 0.29) is 6.61 Å². The molecule has 0 bridgehead atoms. The topological polar surface area (TPSA) is 58.9 Å². The van der Waals surface area contributed by atoms with Gasteiger partial charge in [-0.25, -0.2) is 4.79 Å². The molecule has 0 amide bonds. The number of esters is 1. The first-order chi connectivity index (χ1) is 13.3. The maximum atomic E-state index is 13.8. The van der Waals surface area contributed by atoms with E-state index >= 15 is 0 Å². The number of allylic oxidation sites excluding steroid dienone is 1. The molecule has 8 heteroatoms. The van der Waals surface area contributed by atoms with Gasteiger partial charge in [-0.1, -0.05) is 60.7 Å². The van der Waals surface area contributed by atoms with Gasteiger partial charge in [0.25, 0.3) is 0 Å². The minimum absolute atomic E-state index is 0.137. The minimum Gasteiger partial charge on any atom is -0.512 e. The van der Waals surface area contributed by atoms with E-state index in [2.05, 4.69) is 4.90 Å². The van der Waals surface area contributed by atoms with Gasteiger partial charge in [-0.15, -0.1) is 0 Å². The maximum absolute atomic E-state index is 13.8. The quantitative estimate of drug-likeness (QED) is 0.272. The van der Waals surface area contributed by atoms with Gasteiger partial charge in [-0.05, 0) is 24.8 Å². The Morgan fingerprint density at radius 1 is 1.04 bits per heavy atom. The zero-order valence-electron chi connectivity index (χ0n) is 15.4. The molecule has 0 fully saturated rings. The van der Waals surface area contributed by atoms with Crippen molar-refractivity contribution in [3.63, 3.8) is 0 Å². The second kappa shape index (κ2) is 9.26. The Bertz CT molecular complexity index is 822. The number of aliphatic hydroxyl groups is 1. The average molecular weight is 389 g/mol. The number of carbonyl (C=O) groups is 1. The van der Waals surface area contributed by atoms with Gasteiger partial charge >= 0.3 is 19.0 Å². The molecule has 0 saturated heterocycles. The summed E-state index contributed by atoms with van der Waals surface area (Å²) in [6.07, 6.45) is -4.98. The average Bonchev–Trinajstić information content (AvgIpc) is 2.65. The van der Waals surface area contributed by atoms with Crippen molar-refractivity contribution >= 4 is 29.5 Å². The number of ether oxygens (including phenoxy) is 1. The molecular formula is C20H19BF3NO3. The second-order valence-electron chi connectivity index (χ2n) is 5.88. The van der Waals surface area contributed by atoms with Crippen molar-refractivity contribution in [3.05, 3.63) is 72.0 Å². The van der Waals surface area contributed by atoms with Crippen LogP contribution < -0.4 is 10.9 Å². The molecule has 0 radical (unpaired) electrons. The molecular weight excluding hydrogens is 370 g/mol. The summed E-state index contributed by atoms with van der Waals surface area (Å²) in [6, 6.07) is 16.8. The lowest BCUT2D eigenvalue weighted by molar-refractivity contribution is -0.138. The van der Waals surface area contributed by atoms with E-state index in [9.17, 15) is 23.1 Å². The molecule has 0 aromatic heterocycles. The summed E-state index contributed by atoms with van der Waals surface area (Å²) in [5.74, 6) is -2.09. The summed E-state index contributed by atoms with van der Waals surface area (Å²) in [5.41, 5.74) is -1.46. The van der Waals surface area contributed by atoms with Crippen LogP contribution in [0.2, 0.25) is 0 Å². The van der Waals surface area contributed by atoms with Gasteiger partial charge in [0, 0.05) is 0 Å². The van der Waals surface area contributed by atoms with Gasteiger partial charge in [0.2, 0.25) is 0 Å². The molecule has 1 N–H and O–H groups in total. The zero-order chi connectivity index (χ0) is 20.7. The molecule has 0 heterocycles. The maximum Gasteiger partial charge on any atom is 0.432 e. The number of benzene rings is 2. The highest BCUT2D eigenvalue weighted by atomic mass is 19.4. The number of alkyl halides is 3. The zero-order valence-corrected chi connectivity index (χ0v) is 15.4. The summed E-state index contributed by atoms with van der Waals surface area (Å²) < 4.78 is 46.2. The molecule has 0 aliphatic rings. The fourth-order valence-corrected chi connectivity index (χ4v) is 2.64. The smallest absolute Gasteiger partial charge is 0.432 e. The number of hydrogen-bond acceptors (Lipinski definition) is 4. The lowest BCUT2D eigenvalue weighted by atomic mass is 9.51. The van der Waals surface area contributed by atoms with Crippen LogP contribution in [0.4, 0.5) is 13.2 Å². The van der Waals surface area contributed by atoms with E-state index in [1.807, 2.05) is 0 Å². The Labute approximate surface area is 161 Å². The molecule has 4 nitrogen and oxygen atoms in total.